The van der Waals surface area contributed by atoms with Gasteiger partial charge in [-0.25, -0.2) is 4.98 Å². The van der Waals surface area contributed by atoms with Crippen molar-refractivity contribution in [2.24, 2.45) is 11.8 Å². The van der Waals surface area contributed by atoms with Crippen LogP contribution < -0.4 is 4.90 Å². The van der Waals surface area contributed by atoms with Crippen molar-refractivity contribution in [3.8, 4) is 0 Å². The minimum atomic E-state index is -0.876. The lowest BCUT2D eigenvalue weighted by atomic mass is 10.1. The number of hydrogen-bond acceptors (Lipinski definition) is 5. The average Bonchev–Trinajstić information content (AvgIpc) is 3.33. The summed E-state index contributed by atoms with van der Waals surface area (Å²) in [4.78, 5) is 35.5. The van der Waals surface area contributed by atoms with Gasteiger partial charge in [0.25, 0.3) is 0 Å². The average molecular weight is 290 g/mol. The number of anilines is 1. The molecule has 0 radical (unpaired) electrons. The largest absolute Gasteiger partial charge is 0.481 e. The van der Waals surface area contributed by atoms with Crippen LogP contribution in [0, 0.1) is 11.8 Å². The molecule has 1 saturated carbocycles. The third-order valence-corrected chi connectivity index (χ3v) is 3.98. The van der Waals surface area contributed by atoms with Crippen molar-refractivity contribution in [1.82, 2.24) is 14.9 Å². The van der Waals surface area contributed by atoms with Gasteiger partial charge in [0.15, 0.2) is 0 Å². The number of nitrogens with zero attached hydrogens (tertiary/aromatic N) is 4. The first-order valence-corrected chi connectivity index (χ1v) is 7.17. The van der Waals surface area contributed by atoms with Crippen LogP contribution in [0.25, 0.3) is 0 Å². The van der Waals surface area contributed by atoms with E-state index >= 15 is 0 Å². The van der Waals surface area contributed by atoms with E-state index in [9.17, 15) is 14.7 Å². The zero-order chi connectivity index (χ0) is 14.8. The lowest BCUT2D eigenvalue weighted by Gasteiger charge is -2.22. The second-order valence-corrected chi connectivity index (χ2v) is 5.60. The molecule has 112 valence electrons. The molecule has 0 spiro atoms. The molecule has 0 bridgehead atoms. The smallest absolute Gasteiger partial charge is 0.310 e. The number of carbonyl (C=O) groups excluding carboxylic acids is 1. The van der Waals surface area contributed by atoms with Gasteiger partial charge in [-0.15, -0.1) is 0 Å². The highest BCUT2D eigenvalue weighted by Gasteiger charge is 2.37. The number of hydrogen-bond donors (Lipinski definition) is 1. The van der Waals surface area contributed by atoms with Crippen LogP contribution in [0.1, 0.15) is 12.8 Å². The van der Waals surface area contributed by atoms with Gasteiger partial charge >= 0.3 is 5.97 Å². The second-order valence-electron chi connectivity index (χ2n) is 5.60. The van der Waals surface area contributed by atoms with Gasteiger partial charge in [0.05, 0.1) is 12.1 Å². The molecule has 0 aromatic carbocycles. The third kappa shape index (κ3) is 3.12. The van der Waals surface area contributed by atoms with Crippen molar-refractivity contribution in [3.63, 3.8) is 0 Å². The fourth-order valence-corrected chi connectivity index (χ4v) is 2.62. The zero-order valence-corrected chi connectivity index (χ0v) is 11.7. The molecular weight excluding hydrogens is 272 g/mol. The van der Waals surface area contributed by atoms with Crippen LogP contribution in [0.4, 0.5) is 5.82 Å². The predicted octanol–water partition coefficient (Wildman–Crippen LogP) is 0.236. The summed E-state index contributed by atoms with van der Waals surface area (Å²) >= 11 is 0. The van der Waals surface area contributed by atoms with Crippen LogP contribution in [-0.2, 0) is 9.59 Å². The SMILES string of the molecule is O=C(O)C1CN(C(=O)C2CC2)CCN(c2cnccn2)C1. The Hall–Kier alpha value is -2.18. The Morgan fingerprint density at radius 1 is 1.14 bits per heavy atom. The van der Waals surface area contributed by atoms with E-state index in [2.05, 4.69) is 9.97 Å². The molecular formula is C14H18N4O3. The van der Waals surface area contributed by atoms with E-state index in [1.54, 1.807) is 23.5 Å². The lowest BCUT2D eigenvalue weighted by Crippen LogP contribution is -2.38. The number of carboxylic acid groups (broad SMARTS) is 1. The summed E-state index contributed by atoms with van der Waals surface area (Å²) in [7, 11) is 0. The van der Waals surface area contributed by atoms with E-state index in [1.807, 2.05) is 4.90 Å². The summed E-state index contributed by atoms with van der Waals surface area (Å²) in [6, 6.07) is 0. The van der Waals surface area contributed by atoms with Crippen molar-refractivity contribution in [3.05, 3.63) is 18.6 Å². The van der Waals surface area contributed by atoms with E-state index < -0.39 is 11.9 Å². The predicted molar refractivity (Wildman–Crippen MR) is 74.7 cm³/mol. The molecule has 1 unspecified atom stereocenters. The van der Waals surface area contributed by atoms with E-state index in [-0.39, 0.29) is 18.4 Å². The van der Waals surface area contributed by atoms with Crippen LogP contribution in [0.2, 0.25) is 0 Å². The molecule has 2 aliphatic rings. The monoisotopic (exact) mass is 290 g/mol. The maximum atomic E-state index is 12.2. The number of aromatic nitrogens is 2. The molecule has 1 saturated heterocycles. The van der Waals surface area contributed by atoms with E-state index in [1.165, 1.54) is 0 Å². The Labute approximate surface area is 122 Å². The van der Waals surface area contributed by atoms with E-state index in [4.69, 9.17) is 0 Å². The molecule has 1 N–H and O–H groups in total. The molecule has 21 heavy (non-hydrogen) atoms. The van der Waals surface area contributed by atoms with Crippen molar-refractivity contribution in [1.29, 1.82) is 0 Å². The molecule has 1 aromatic heterocycles. The highest BCUT2D eigenvalue weighted by molar-refractivity contribution is 5.82. The minimum absolute atomic E-state index is 0.0993. The Kier molecular flexibility index (Phi) is 3.72. The molecule has 1 aromatic rings. The van der Waals surface area contributed by atoms with Crippen LogP contribution in [0.3, 0.4) is 0 Å². The van der Waals surface area contributed by atoms with Gasteiger partial charge < -0.3 is 14.9 Å². The first kappa shape index (κ1) is 13.8. The first-order chi connectivity index (χ1) is 10.1. The molecule has 1 aliphatic carbocycles. The summed E-state index contributed by atoms with van der Waals surface area (Å²) in [6.45, 7) is 1.75. The molecule has 1 amide bonds. The molecule has 7 heteroatoms. The summed E-state index contributed by atoms with van der Waals surface area (Å²) in [5.41, 5.74) is 0. The van der Waals surface area contributed by atoms with Crippen molar-refractivity contribution >= 4 is 17.7 Å². The zero-order valence-electron chi connectivity index (χ0n) is 11.7. The first-order valence-electron chi connectivity index (χ1n) is 7.17. The maximum absolute atomic E-state index is 12.2. The van der Waals surface area contributed by atoms with Gasteiger partial charge in [-0.05, 0) is 12.8 Å². The quantitative estimate of drug-likeness (QED) is 0.858. The van der Waals surface area contributed by atoms with Gasteiger partial charge in [0.1, 0.15) is 5.82 Å². The Morgan fingerprint density at radius 3 is 2.57 bits per heavy atom. The highest BCUT2D eigenvalue weighted by atomic mass is 16.4. The van der Waals surface area contributed by atoms with Crippen LogP contribution in [0.15, 0.2) is 18.6 Å². The number of aliphatic carboxylic acids is 1. The molecule has 7 nitrogen and oxygen atoms in total. The summed E-state index contributed by atoms with van der Waals surface area (Å²) in [5.74, 6) is -0.606. The topological polar surface area (TPSA) is 86.6 Å². The molecule has 2 fully saturated rings. The van der Waals surface area contributed by atoms with Crippen molar-refractivity contribution in [2.75, 3.05) is 31.1 Å². The fraction of sp³-hybridized carbons (Fsp3) is 0.571. The van der Waals surface area contributed by atoms with Crippen molar-refractivity contribution < 1.29 is 14.7 Å². The van der Waals surface area contributed by atoms with Crippen LogP contribution in [0.5, 0.6) is 0 Å². The van der Waals surface area contributed by atoms with Gasteiger partial charge in [-0.2, -0.15) is 0 Å². The number of rotatable bonds is 3. The lowest BCUT2D eigenvalue weighted by molar-refractivity contribution is -0.143. The Morgan fingerprint density at radius 2 is 1.95 bits per heavy atom. The van der Waals surface area contributed by atoms with Crippen molar-refractivity contribution in [2.45, 2.75) is 12.8 Å². The summed E-state index contributed by atoms with van der Waals surface area (Å²) in [5, 5.41) is 9.38. The normalized spacial score (nSPS) is 22.8. The standard InChI is InChI=1S/C14H18N4O3/c19-13(10-1-2-10)18-6-5-17(8-11(9-18)14(20)21)12-7-15-3-4-16-12/h3-4,7,10-11H,1-2,5-6,8-9H2,(H,20,21). The Bertz CT molecular complexity index is 532. The summed E-state index contributed by atoms with van der Waals surface area (Å²) < 4.78 is 0. The molecule has 1 aliphatic heterocycles. The van der Waals surface area contributed by atoms with Crippen LogP contribution in [-0.4, -0.2) is 58.0 Å². The fourth-order valence-electron chi connectivity index (χ4n) is 2.62. The summed E-state index contributed by atoms with van der Waals surface area (Å²) in [6.07, 6.45) is 6.65. The molecule has 1 atom stereocenters. The minimum Gasteiger partial charge on any atom is -0.481 e. The van der Waals surface area contributed by atoms with E-state index in [0.717, 1.165) is 12.8 Å². The number of amides is 1. The van der Waals surface area contributed by atoms with Gasteiger partial charge in [0, 0.05) is 44.5 Å². The number of carbonyl (C=O) groups is 2. The van der Waals surface area contributed by atoms with Crippen LogP contribution >= 0.6 is 0 Å². The Balaban J connectivity index is 1.77. The van der Waals surface area contributed by atoms with Gasteiger partial charge in [-0.1, -0.05) is 0 Å². The second kappa shape index (κ2) is 5.67. The molecule has 3 rings (SSSR count). The third-order valence-electron chi connectivity index (χ3n) is 3.98. The highest BCUT2D eigenvalue weighted by Crippen LogP contribution is 2.31. The van der Waals surface area contributed by atoms with Gasteiger partial charge in [-0.3, -0.25) is 14.6 Å². The maximum Gasteiger partial charge on any atom is 0.310 e. The molecule has 2 heterocycles. The van der Waals surface area contributed by atoms with E-state index in [0.29, 0.717) is 25.5 Å². The van der Waals surface area contributed by atoms with Gasteiger partial charge in [0.2, 0.25) is 5.91 Å². The number of carboxylic acids is 1.